The standard InChI is InChI=1S/C39H37N2S/c1-6-38(5)32-20-19-26(22-31(32)37-25(4)14-13-21-40(37)39(38,7-2)8-3)41-33-17-11-9-15-27(33)29-23-30-28-16-10-12-18-35(28)42-36(30)24-34(29)41/h9-24H,6-8H2,1-5H3/q+1. The highest BCUT2D eigenvalue weighted by Gasteiger charge is 2.58. The molecular weight excluding hydrogens is 529 g/mol. The number of rotatable bonds is 4. The minimum absolute atomic E-state index is 0.0277. The highest BCUT2D eigenvalue weighted by atomic mass is 32.1. The average molecular weight is 566 g/mol. The molecule has 0 saturated carbocycles. The van der Waals surface area contributed by atoms with Crippen molar-refractivity contribution in [3.8, 4) is 16.9 Å². The Morgan fingerprint density at radius 2 is 1.45 bits per heavy atom. The molecule has 2 nitrogen and oxygen atoms in total. The van der Waals surface area contributed by atoms with Gasteiger partial charge in [-0.15, -0.1) is 11.3 Å². The molecule has 0 aliphatic carbocycles. The summed E-state index contributed by atoms with van der Waals surface area (Å²) in [5, 5.41) is 5.33. The van der Waals surface area contributed by atoms with Crippen LogP contribution in [0.15, 0.2) is 97.2 Å². The lowest BCUT2D eigenvalue weighted by atomic mass is 9.58. The van der Waals surface area contributed by atoms with Crippen molar-refractivity contribution < 1.29 is 4.57 Å². The van der Waals surface area contributed by atoms with E-state index in [1.54, 1.807) is 0 Å². The molecule has 0 amide bonds. The topological polar surface area (TPSA) is 8.81 Å². The molecule has 0 radical (unpaired) electrons. The summed E-state index contributed by atoms with van der Waals surface area (Å²) in [7, 11) is 0. The molecule has 0 N–H and O–H groups in total. The summed E-state index contributed by atoms with van der Waals surface area (Å²) in [6.45, 7) is 11.9. The third-order valence-electron chi connectivity index (χ3n) is 10.8. The van der Waals surface area contributed by atoms with Crippen LogP contribution in [-0.2, 0) is 11.0 Å². The second kappa shape index (κ2) is 9.02. The van der Waals surface area contributed by atoms with Crippen LogP contribution in [0.4, 0.5) is 0 Å². The smallest absolute Gasteiger partial charge is 0.216 e. The number of pyridine rings is 1. The molecule has 1 aliphatic rings. The molecule has 42 heavy (non-hydrogen) atoms. The van der Waals surface area contributed by atoms with Crippen molar-refractivity contribution in [2.75, 3.05) is 0 Å². The van der Waals surface area contributed by atoms with Gasteiger partial charge < -0.3 is 4.57 Å². The summed E-state index contributed by atoms with van der Waals surface area (Å²) in [4.78, 5) is 0. The zero-order chi connectivity index (χ0) is 28.8. The Bertz CT molecular complexity index is 2190. The van der Waals surface area contributed by atoms with Gasteiger partial charge >= 0.3 is 0 Å². The van der Waals surface area contributed by atoms with E-state index in [0.29, 0.717) is 0 Å². The molecule has 208 valence electrons. The molecule has 0 fully saturated rings. The van der Waals surface area contributed by atoms with Crippen molar-refractivity contribution >= 4 is 53.3 Å². The van der Waals surface area contributed by atoms with Gasteiger partial charge in [0.25, 0.3) is 0 Å². The first-order valence-corrected chi connectivity index (χ1v) is 16.3. The predicted molar refractivity (Wildman–Crippen MR) is 180 cm³/mol. The van der Waals surface area contributed by atoms with Crippen LogP contribution in [0.25, 0.3) is 58.9 Å². The first kappa shape index (κ1) is 25.7. The van der Waals surface area contributed by atoms with E-state index >= 15 is 0 Å². The number of benzene rings is 4. The van der Waals surface area contributed by atoms with Crippen LogP contribution < -0.4 is 4.57 Å². The van der Waals surface area contributed by atoms with Crippen LogP contribution in [0.2, 0.25) is 0 Å². The molecule has 0 saturated heterocycles. The monoisotopic (exact) mass is 565 g/mol. The quantitative estimate of drug-likeness (QED) is 0.188. The number of hydrogen-bond donors (Lipinski definition) is 0. The van der Waals surface area contributed by atoms with E-state index in [1.807, 2.05) is 11.3 Å². The highest BCUT2D eigenvalue weighted by molar-refractivity contribution is 7.25. The van der Waals surface area contributed by atoms with Crippen molar-refractivity contribution in [3.05, 3.63) is 108 Å². The van der Waals surface area contributed by atoms with Crippen molar-refractivity contribution in [1.82, 2.24) is 4.57 Å². The average Bonchev–Trinajstić information content (AvgIpc) is 3.55. The summed E-state index contributed by atoms with van der Waals surface area (Å²) < 4.78 is 7.84. The van der Waals surface area contributed by atoms with E-state index < -0.39 is 0 Å². The third kappa shape index (κ3) is 3.12. The summed E-state index contributed by atoms with van der Waals surface area (Å²) in [5.41, 5.74) is 9.41. The van der Waals surface area contributed by atoms with Crippen molar-refractivity contribution in [3.63, 3.8) is 0 Å². The van der Waals surface area contributed by atoms with Gasteiger partial charge in [0.1, 0.15) is 0 Å². The van der Waals surface area contributed by atoms with Crippen molar-refractivity contribution in [2.45, 2.75) is 64.8 Å². The Balaban J connectivity index is 1.46. The second-order valence-corrected chi connectivity index (χ2v) is 13.5. The highest BCUT2D eigenvalue weighted by Crippen LogP contribution is 2.52. The zero-order valence-corrected chi connectivity index (χ0v) is 26.0. The zero-order valence-electron chi connectivity index (χ0n) is 25.2. The van der Waals surface area contributed by atoms with Gasteiger partial charge in [-0.05, 0) is 68.3 Å². The van der Waals surface area contributed by atoms with E-state index in [4.69, 9.17) is 0 Å². The molecule has 7 aromatic rings. The number of thiophene rings is 1. The molecule has 3 heteroatoms. The molecular formula is C39H37N2S+. The van der Waals surface area contributed by atoms with Gasteiger partial charge in [0.2, 0.25) is 5.69 Å². The predicted octanol–water partition coefficient (Wildman–Crippen LogP) is 10.6. The lowest BCUT2D eigenvalue weighted by molar-refractivity contribution is -0.769. The van der Waals surface area contributed by atoms with Gasteiger partial charge in [0.15, 0.2) is 11.7 Å². The Morgan fingerprint density at radius 3 is 2.24 bits per heavy atom. The first-order valence-electron chi connectivity index (χ1n) is 15.5. The second-order valence-electron chi connectivity index (χ2n) is 12.4. The normalized spacial score (nSPS) is 17.7. The maximum Gasteiger partial charge on any atom is 0.216 e. The SMILES string of the molecule is CCC1(C)c2ccc(-n3c4ccccc4c4cc5c(cc43)sc3ccccc35)cc2-c2c(C)ccc[n+]2C1(CC)CC. The van der Waals surface area contributed by atoms with Crippen LogP contribution in [0.3, 0.4) is 0 Å². The summed E-state index contributed by atoms with van der Waals surface area (Å²) in [6, 6.07) is 34.4. The Labute approximate surface area is 251 Å². The van der Waals surface area contributed by atoms with Crippen LogP contribution in [0.5, 0.6) is 0 Å². The molecule has 4 heterocycles. The van der Waals surface area contributed by atoms with Gasteiger partial charge in [0.05, 0.1) is 22.0 Å². The molecule has 0 bridgehead atoms. The van der Waals surface area contributed by atoms with Crippen LogP contribution in [0.1, 0.15) is 58.1 Å². The fourth-order valence-electron chi connectivity index (χ4n) is 8.54. The van der Waals surface area contributed by atoms with Crippen molar-refractivity contribution in [1.29, 1.82) is 0 Å². The number of aromatic nitrogens is 2. The lowest BCUT2D eigenvalue weighted by Crippen LogP contribution is -2.69. The number of fused-ring (bicyclic) bond motifs is 9. The number of para-hydroxylation sites is 1. The minimum Gasteiger partial charge on any atom is -0.309 e. The summed E-state index contributed by atoms with van der Waals surface area (Å²) in [5.74, 6) is 0. The molecule has 4 aromatic carbocycles. The third-order valence-corrected chi connectivity index (χ3v) is 12.0. The Morgan fingerprint density at radius 1 is 0.690 bits per heavy atom. The largest absolute Gasteiger partial charge is 0.309 e. The maximum atomic E-state index is 2.64. The fraction of sp³-hybridized carbons (Fsp3) is 0.256. The lowest BCUT2D eigenvalue weighted by Gasteiger charge is -2.48. The van der Waals surface area contributed by atoms with Gasteiger partial charge in [-0.2, -0.15) is 4.57 Å². The van der Waals surface area contributed by atoms with Gasteiger partial charge in [0, 0.05) is 61.1 Å². The number of nitrogens with zero attached hydrogens (tertiary/aromatic N) is 2. The number of aryl methyl sites for hydroxylation is 1. The first-order chi connectivity index (χ1) is 20.5. The van der Waals surface area contributed by atoms with E-state index in [-0.39, 0.29) is 11.0 Å². The Kier molecular flexibility index (Phi) is 5.53. The van der Waals surface area contributed by atoms with Gasteiger partial charge in [-0.25, -0.2) is 0 Å². The fourth-order valence-corrected chi connectivity index (χ4v) is 9.66. The maximum absolute atomic E-state index is 2.64. The van der Waals surface area contributed by atoms with E-state index in [9.17, 15) is 0 Å². The molecule has 1 unspecified atom stereocenters. The van der Waals surface area contributed by atoms with E-state index in [2.05, 4.69) is 141 Å². The summed E-state index contributed by atoms with van der Waals surface area (Å²) >= 11 is 1.90. The van der Waals surface area contributed by atoms with E-state index in [1.165, 1.54) is 70.0 Å². The van der Waals surface area contributed by atoms with E-state index in [0.717, 1.165) is 19.3 Å². The van der Waals surface area contributed by atoms with Crippen molar-refractivity contribution in [2.24, 2.45) is 0 Å². The minimum atomic E-state index is 0.0277. The van der Waals surface area contributed by atoms with Crippen LogP contribution >= 0.6 is 11.3 Å². The molecule has 3 aromatic heterocycles. The number of hydrogen-bond acceptors (Lipinski definition) is 1. The van der Waals surface area contributed by atoms with Gasteiger partial charge in [-0.3, -0.25) is 0 Å². The molecule has 0 spiro atoms. The molecule has 1 atom stereocenters. The molecule has 8 rings (SSSR count). The van der Waals surface area contributed by atoms with Crippen LogP contribution in [-0.4, -0.2) is 4.57 Å². The van der Waals surface area contributed by atoms with Crippen LogP contribution in [0, 0.1) is 6.92 Å². The molecule has 1 aliphatic heterocycles. The summed E-state index contributed by atoms with van der Waals surface area (Å²) in [6.07, 6.45) is 5.65. The Hall–Kier alpha value is -3.95. The van der Waals surface area contributed by atoms with Gasteiger partial charge in [-0.1, -0.05) is 63.2 Å².